The van der Waals surface area contributed by atoms with Crippen molar-refractivity contribution in [3.05, 3.63) is 82.0 Å². The van der Waals surface area contributed by atoms with Crippen LogP contribution in [0.25, 0.3) is 5.69 Å². The zero-order chi connectivity index (χ0) is 20.8. The molecule has 150 valence electrons. The highest BCUT2D eigenvalue weighted by atomic mass is 19.1. The van der Waals surface area contributed by atoms with E-state index in [9.17, 15) is 14.0 Å². The fraction of sp³-hybridized carbons (Fsp3) is 0.190. The maximum Gasteiger partial charge on any atom is 0.360 e. The molecule has 0 fully saturated rings. The van der Waals surface area contributed by atoms with Gasteiger partial charge in [0.05, 0.1) is 25.1 Å². The van der Waals surface area contributed by atoms with Crippen molar-refractivity contribution in [3.63, 3.8) is 0 Å². The summed E-state index contributed by atoms with van der Waals surface area (Å²) in [5.41, 5.74) is 1.00. The lowest BCUT2D eigenvalue weighted by molar-refractivity contribution is 0.0518. The number of methoxy groups -OCH3 is 1. The van der Waals surface area contributed by atoms with E-state index in [1.807, 2.05) is 24.3 Å². The van der Waals surface area contributed by atoms with E-state index in [0.29, 0.717) is 12.2 Å². The van der Waals surface area contributed by atoms with Crippen LogP contribution >= 0.6 is 0 Å². The van der Waals surface area contributed by atoms with Crippen LogP contribution < -0.4 is 15.6 Å². The SMILES string of the molecule is CCOC(=O)c1nn(-c2ccc(F)cc2)c(=O)cc1NCc1ccc(OC)cc1. The minimum absolute atomic E-state index is 0.0377. The normalized spacial score (nSPS) is 10.4. The lowest BCUT2D eigenvalue weighted by Gasteiger charge is -2.13. The lowest BCUT2D eigenvalue weighted by atomic mass is 10.2. The molecule has 0 saturated carbocycles. The Morgan fingerprint density at radius 3 is 2.45 bits per heavy atom. The van der Waals surface area contributed by atoms with Gasteiger partial charge < -0.3 is 14.8 Å². The summed E-state index contributed by atoms with van der Waals surface area (Å²) >= 11 is 0. The van der Waals surface area contributed by atoms with E-state index in [2.05, 4.69) is 10.4 Å². The highest BCUT2D eigenvalue weighted by Crippen LogP contribution is 2.17. The van der Waals surface area contributed by atoms with Gasteiger partial charge in [-0.3, -0.25) is 4.79 Å². The van der Waals surface area contributed by atoms with Gasteiger partial charge in [-0.1, -0.05) is 12.1 Å². The molecule has 0 amide bonds. The summed E-state index contributed by atoms with van der Waals surface area (Å²) in [7, 11) is 1.58. The summed E-state index contributed by atoms with van der Waals surface area (Å²) < 4.78 is 24.4. The number of hydrogen-bond acceptors (Lipinski definition) is 6. The first-order valence-electron chi connectivity index (χ1n) is 8.96. The third-order valence-electron chi connectivity index (χ3n) is 4.11. The average molecular weight is 397 g/mol. The van der Waals surface area contributed by atoms with Crippen molar-refractivity contribution < 1.29 is 18.7 Å². The van der Waals surface area contributed by atoms with Gasteiger partial charge in [-0.2, -0.15) is 9.78 Å². The number of anilines is 1. The van der Waals surface area contributed by atoms with Gasteiger partial charge in [0.1, 0.15) is 11.6 Å². The first-order chi connectivity index (χ1) is 14.0. The number of carbonyl (C=O) groups is 1. The second-order valence-corrected chi connectivity index (χ2v) is 6.06. The molecule has 29 heavy (non-hydrogen) atoms. The quantitative estimate of drug-likeness (QED) is 0.617. The molecule has 8 heteroatoms. The first kappa shape index (κ1) is 20.1. The van der Waals surface area contributed by atoms with E-state index < -0.39 is 17.3 Å². The molecule has 0 bridgehead atoms. The summed E-state index contributed by atoms with van der Waals surface area (Å²) in [5, 5.41) is 7.21. The smallest absolute Gasteiger partial charge is 0.360 e. The first-order valence-corrected chi connectivity index (χ1v) is 8.96. The third kappa shape index (κ3) is 4.78. The number of ether oxygens (including phenoxy) is 2. The summed E-state index contributed by atoms with van der Waals surface area (Å²) in [6, 6.07) is 13.9. The monoisotopic (exact) mass is 397 g/mol. The number of aromatic nitrogens is 2. The Labute approximate surface area is 166 Å². The van der Waals surface area contributed by atoms with Gasteiger partial charge in [0.2, 0.25) is 0 Å². The number of benzene rings is 2. The number of rotatable bonds is 7. The molecule has 0 aliphatic rings. The molecule has 0 aliphatic carbocycles. The molecule has 0 aliphatic heterocycles. The van der Waals surface area contributed by atoms with Crippen LogP contribution in [0.5, 0.6) is 5.75 Å². The summed E-state index contributed by atoms with van der Waals surface area (Å²) in [4.78, 5) is 24.9. The molecule has 7 nitrogen and oxygen atoms in total. The lowest BCUT2D eigenvalue weighted by Crippen LogP contribution is -2.26. The van der Waals surface area contributed by atoms with Gasteiger partial charge >= 0.3 is 5.97 Å². The van der Waals surface area contributed by atoms with Gasteiger partial charge in [0.25, 0.3) is 5.56 Å². The van der Waals surface area contributed by atoms with Crippen LogP contribution in [0.1, 0.15) is 23.0 Å². The number of nitrogens with zero attached hydrogens (tertiary/aromatic N) is 2. The van der Waals surface area contributed by atoms with Crippen LogP contribution in [-0.2, 0) is 11.3 Å². The maximum atomic E-state index is 13.2. The number of nitrogens with one attached hydrogen (secondary N) is 1. The highest BCUT2D eigenvalue weighted by Gasteiger charge is 2.18. The second-order valence-electron chi connectivity index (χ2n) is 6.06. The van der Waals surface area contributed by atoms with Crippen molar-refractivity contribution in [1.29, 1.82) is 0 Å². The molecular weight excluding hydrogens is 377 g/mol. The molecule has 0 spiro atoms. The van der Waals surface area contributed by atoms with E-state index in [0.717, 1.165) is 16.0 Å². The predicted molar refractivity (Wildman–Crippen MR) is 106 cm³/mol. The molecule has 1 heterocycles. The van der Waals surface area contributed by atoms with Gasteiger partial charge in [0.15, 0.2) is 5.69 Å². The molecule has 3 rings (SSSR count). The molecular formula is C21H20FN3O4. The van der Waals surface area contributed by atoms with Crippen molar-refractivity contribution in [1.82, 2.24) is 9.78 Å². The topological polar surface area (TPSA) is 82.5 Å². The Bertz CT molecular complexity index is 1050. The number of halogens is 1. The van der Waals surface area contributed by atoms with Crippen molar-refractivity contribution in [3.8, 4) is 11.4 Å². The minimum Gasteiger partial charge on any atom is -0.497 e. The number of carbonyl (C=O) groups excluding carboxylic acids is 1. The molecule has 0 unspecified atom stereocenters. The third-order valence-corrected chi connectivity index (χ3v) is 4.11. The largest absolute Gasteiger partial charge is 0.497 e. The van der Waals surface area contributed by atoms with Crippen LogP contribution in [0.3, 0.4) is 0 Å². The Morgan fingerprint density at radius 1 is 1.14 bits per heavy atom. The van der Waals surface area contributed by atoms with Crippen LogP contribution in [0.4, 0.5) is 10.1 Å². The van der Waals surface area contributed by atoms with E-state index in [-0.39, 0.29) is 18.0 Å². The summed E-state index contributed by atoms with van der Waals surface area (Å²) in [6.45, 7) is 2.20. The van der Waals surface area contributed by atoms with Crippen molar-refractivity contribution in [2.24, 2.45) is 0 Å². The zero-order valence-electron chi connectivity index (χ0n) is 16.0. The standard InChI is InChI=1S/C21H20FN3O4/c1-3-29-21(27)20-18(23-13-14-4-10-17(28-2)11-5-14)12-19(26)25(24-20)16-8-6-15(22)7-9-16/h4-12,23H,3,13H2,1-2H3. The molecule has 0 radical (unpaired) electrons. The Morgan fingerprint density at radius 2 is 1.83 bits per heavy atom. The van der Waals surface area contributed by atoms with Crippen LogP contribution in [0, 0.1) is 5.82 Å². The van der Waals surface area contributed by atoms with Gasteiger partial charge in [0, 0.05) is 12.6 Å². The molecule has 1 N–H and O–H groups in total. The Balaban J connectivity index is 1.94. The van der Waals surface area contributed by atoms with E-state index in [4.69, 9.17) is 9.47 Å². The molecule has 1 aromatic heterocycles. The maximum absolute atomic E-state index is 13.2. The zero-order valence-corrected chi connectivity index (χ0v) is 16.0. The molecule has 0 atom stereocenters. The van der Waals surface area contributed by atoms with Gasteiger partial charge in [-0.05, 0) is 48.9 Å². The fourth-order valence-electron chi connectivity index (χ4n) is 2.65. The molecule has 2 aromatic carbocycles. The van der Waals surface area contributed by atoms with Crippen LogP contribution in [0.15, 0.2) is 59.4 Å². The Hall–Kier alpha value is -3.68. The second kappa shape index (κ2) is 9.01. The van der Waals surface area contributed by atoms with Crippen molar-refractivity contribution >= 4 is 11.7 Å². The highest BCUT2D eigenvalue weighted by molar-refractivity contribution is 5.93. The van der Waals surface area contributed by atoms with E-state index in [1.54, 1.807) is 14.0 Å². The molecule has 0 saturated heterocycles. The van der Waals surface area contributed by atoms with E-state index >= 15 is 0 Å². The fourth-order valence-corrected chi connectivity index (χ4v) is 2.65. The van der Waals surface area contributed by atoms with Crippen molar-refractivity contribution in [2.75, 3.05) is 19.0 Å². The number of hydrogen-bond donors (Lipinski definition) is 1. The van der Waals surface area contributed by atoms with Crippen molar-refractivity contribution in [2.45, 2.75) is 13.5 Å². The predicted octanol–water partition coefficient (Wildman–Crippen LogP) is 3.17. The summed E-state index contributed by atoms with van der Waals surface area (Å²) in [6.07, 6.45) is 0. The van der Waals surface area contributed by atoms with Crippen LogP contribution in [0.2, 0.25) is 0 Å². The van der Waals surface area contributed by atoms with E-state index in [1.165, 1.54) is 30.3 Å². The minimum atomic E-state index is -0.666. The summed E-state index contributed by atoms with van der Waals surface area (Å²) in [5.74, 6) is -0.379. The van der Waals surface area contributed by atoms with Gasteiger partial charge in [-0.25, -0.2) is 9.18 Å². The molecule has 3 aromatic rings. The average Bonchev–Trinajstić information content (AvgIpc) is 2.73. The number of esters is 1. The Kier molecular flexibility index (Phi) is 6.23. The van der Waals surface area contributed by atoms with Crippen LogP contribution in [-0.4, -0.2) is 29.5 Å². The van der Waals surface area contributed by atoms with Gasteiger partial charge in [-0.15, -0.1) is 0 Å².